The first-order valence-corrected chi connectivity index (χ1v) is 7.15. The van der Waals surface area contributed by atoms with Crippen molar-refractivity contribution in [3.63, 3.8) is 0 Å². The lowest BCUT2D eigenvalue weighted by atomic mass is 10.2. The van der Waals surface area contributed by atoms with Crippen molar-refractivity contribution in [3.8, 4) is 0 Å². The molecule has 0 bridgehead atoms. The Balaban J connectivity index is 2.40. The number of aryl methyl sites for hydroxylation is 2. The third-order valence-corrected chi connectivity index (χ3v) is 3.53. The summed E-state index contributed by atoms with van der Waals surface area (Å²) in [5, 5.41) is -0.183. The van der Waals surface area contributed by atoms with E-state index in [1.165, 1.54) is 5.56 Å². The summed E-state index contributed by atoms with van der Waals surface area (Å²) in [4.78, 5) is 18.0. The predicted molar refractivity (Wildman–Crippen MR) is 82.0 cm³/mol. The van der Waals surface area contributed by atoms with Crippen LogP contribution in [0, 0.1) is 6.92 Å². The molecule has 2 aromatic rings. The normalized spacial score (nSPS) is 12.7. The fourth-order valence-electron chi connectivity index (χ4n) is 2.22. The van der Waals surface area contributed by atoms with Crippen LogP contribution < -0.4 is 0 Å². The van der Waals surface area contributed by atoms with E-state index in [0.717, 1.165) is 16.9 Å². The molecule has 0 saturated carbocycles. The second-order valence-electron chi connectivity index (χ2n) is 5.27. The maximum absolute atomic E-state index is 11.8. The first-order valence-electron chi connectivity index (χ1n) is 6.71. The number of alkyl halides is 1. The van der Waals surface area contributed by atoms with Crippen molar-refractivity contribution in [3.05, 3.63) is 29.6 Å². The third-order valence-electron chi connectivity index (χ3n) is 3.34. The van der Waals surface area contributed by atoms with Gasteiger partial charge in [-0.1, -0.05) is 6.07 Å². The average Bonchev–Trinajstić information content (AvgIpc) is 2.73. The van der Waals surface area contributed by atoms with E-state index in [1.54, 1.807) is 19.0 Å². The lowest BCUT2D eigenvalue weighted by molar-refractivity contribution is -0.128. The average molecular weight is 294 g/mol. The van der Waals surface area contributed by atoms with Gasteiger partial charge in [0.1, 0.15) is 5.82 Å². The Morgan fingerprint density at radius 3 is 2.75 bits per heavy atom. The number of benzene rings is 1. The SMILES string of the molecule is Cc1ccc2nc(C(C)Cl)n(CCC(=O)N(C)C)c2c1. The van der Waals surface area contributed by atoms with Gasteiger partial charge < -0.3 is 9.47 Å². The highest BCUT2D eigenvalue weighted by Gasteiger charge is 2.16. The van der Waals surface area contributed by atoms with Crippen molar-refractivity contribution >= 4 is 28.5 Å². The molecule has 1 amide bonds. The smallest absolute Gasteiger partial charge is 0.223 e. The summed E-state index contributed by atoms with van der Waals surface area (Å²) in [6.07, 6.45) is 0.447. The van der Waals surface area contributed by atoms with Crippen molar-refractivity contribution in [1.29, 1.82) is 0 Å². The van der Waals surface area contributed by atoms with Crippen LogP contribution in [-0.4, -0.2) is 34.5 Å². The van der Waals surface area contributed by atoms with Crippen LogP contribution in [0.3, 0.4) is 0 Å². The second kappa shape index (κ2) is 5.83. The molecule has 0 fully saturated rings. The predicted octanol–water partition coefficient (Wildman–Crippen LogP) is 3.12. The van der Waals surface area contributed by atoms with E-state index >= 15 is 0 Å². The molecule has 108 valence electrons. The van der Waals surface area contributed by atoms with Crippen LogP contribution in [0.25, 0.3) is 11.0 Å². The van der Waals surface area contributed by atoms with Crippen molar-refractivity contribution in [2.45, 2.75) is 32.2 Å². The number of amides is 1. The van der Waals surface area contributed by atoms with E-state index in [2.05, 4.69) is 15.6 Å². The largest absolute Gasteiger partial charge is 0.349 e. The number of carbonyl (C=O) groups excluding carboxylic acids is 1. The van der Waals surface area contributed by atoms with Gasteiger partial charge >= 0.3 is 0 Å². The molecule has 0 saturated heterocycles. The summed E-state index contributed by atoms with van der Waals surface area (Å²) in [7, 11) is 3.53. The van der Waals surface area contributed by atoms with Crippen LogP contribution in [0.2, 0.25) is 0 Å². The molecular weight excluding hydrogens is 274 g/mol. The Hall–Kier alpha value is -1.55. The van der Waals surface area contributed by atoms with Crippen LogP contribution in [-0.2, 0) is 11.3 Å². The Morgan fingerprint density at radius 2 is 2.15 bits per heavy atom. The van der Waals surface area contributed by atoms with Gasteiger partial charge in [0.05, 0.1) is 16.4 Å². The third kappa shape index (κ3) is 2.96. The second-order valence-corrected chi connectivity index (χ2v) is 5.92. The first kappa shape index (κ1) is 14.9. The molecule has 1 aromatic carbocycles. The molecule has 1 unspecified atom stereocenters. The minimum absolute atomic E-state index is 0.104. The van der Waals surface area contributed by atoms with Crippen LogP contribution >= 0.6 is 11.6 Å². The highest BCUT2D eigenvalue weighted by atomic mass is 35.5. The van der Waals surface area contributed by atoms with Gasteiger partial charge in [0, 0.05) is 27.1 Å². The van der Waals surface area contributed by atoms with E-state index in [-0.39, 0.29) is 11.3 Å². The number of hydrogen-bond donors (Lipinski definition) is 0. The van der Waals surface area contributed by atoms with Crippen molar-refractivity contribution < 1.29 is 4.79 Å². The number of halogens is 1. The fourth-order valence-corrected chi connectivity index (χ4v) is 2.39. The Morgan fingerprint density at radius 1 is 1.45 bits per heavy atom. The summed E-state index contributed by atoms with van der Waals surface area (Å²) in [5.74, 6) is 0.923. The van der Waals surface area contributed by atoms with Gasteiger partial charge in [-0.15, -0.1) is 11.6 Å². The van der Waals surface area contributed by atoms with E-state index in [1.807, 2.05) is 26.0 Å². The van der Waals surface area contributed by atoms with E-state index in [0.29, 0.717) is 13.0 Å². The number of rotatable bonds is 4. The number of hydrogen-bond acceptors (Lipinski definition) is 2. The number of imidazole rings is 1. The van der Waals surface area contributed by atoms with Crippen LogP contribution in [0.15, 0.2) is 18.2 Å². The molecular formula is C15H20ClN3O. The highest BCUT2D eigenvalue weighted by Crippen LogP contribution is 2.25. The zero-order chi connectivity index (χ0) is 14.9. The highest BCUT2D eigenvalue weighted by molar-refractivity contribution is 6.20. The quantitative estimate of drug-likeness (QED) is 0.812. The molecule has 4 nitrogen and oxygen atoms in total. The van der Waals surface area contributed by atoms with E-state index < -0.39 is 0 Å². The lowest BCUT2D eigenvalue weighted by Crippen LogP contribution is -2.23. The zero-order valence-electron chi connectivity index (χ0n) is 12.4. The summed E-state index contributed by atoms with van der Waals surface area (Å²) < 4.78 is 2.06. The van der Waals surface area contributed by atoms with Gasteiger partial charge in [-0.2, -0.15) is 0 Å². The van der Waals surface area contributed by atoms with Crippen molar-refractivity contribution in [1.82, 2.24) is 14.5 Å². The molecule has 0 N–H and O–H groups in total. The molecule has 1 atom stereocenters. The number of carbonyl (C=O) groups is 1. The van der Waals surface area contributed by atoms with Gasteiger partial charge in [0.2, 0.25) is 5.91 Å². The Labute approximate surface area is 124 Å². The molecule has 2 rings (SSSR count). The lowest BCUT2D eigenvalue weighted by Gasteiger charge is -2.13. The standard InChI is InChI=1S/C15H20ClN3O/c1-10-5-6-12-13(9-10)19(15(17-12)11(2)16)8-7-14(20)18(3)4/h5-6,9,11H,7-8H2,1-4H3. The molecule has 20 heavy (non-hydrogen) atoms. The maximum atomic E-state index is 11.8. The summed E-state index contributed by atoms with van der Waals surface area (Å²) in [6.45, 7) is 4.55. The molecule has 5 heteroatoms. The summed E-state index contributed by atoms with van der Waals surface area (Å²) in [5.41, 5.74) is 3.14. The van der Waals surface area contributed by atoms with Gasteiger partial charge in [-0.05, 0) is 31.5 Å². The number of nitrogens with zero attached hydrogens (tertiary/aromatic N) is 3. The maximum Gasteiger partial charge on any atom is 0.223 e. The fraction of sp³-hybridized carbons (Fsp3) is 0.467. The minimum atomic E-state index is -0.183. The Kier molecular flexibility index (Phi) is 4.33. The van der Waals surface area contributed by atoms with Crippen LogP contribution in [0.5, 0.6) is 0 Å². The number of aromatic nitrogens is 2. The molecule has 1 aromatic heterocycles. The molecule has 0 aliphatic carbocycles. The van der Waals surface area contributed by atoms with Gasteiger partial charge in [0.15, 0.2) is 0 Å². The minimum Gasteiger partial charge on any atom is -0.349 e. The van der Waals surface area contributed by atoms with Gasteiger partial charge in [0.25, 0.3) is 0 Å². The monoisotopic (exact) mass is 293 g/mol. The van der Waals surface area contributed by atoms with Crippen LogP contribution in [0.1, 0.15) is 30.1 Å². The topological polar surface area (TPSA) is 38.1 Å². The van der Waals surface area contributed by atoms with E-state index in [4.69, 9.17) is 11.6 Å². The van der Waals surface area contributed by atoms with Gasteiger partial charge in [-0.3, -0.25) is 4.79 Å². The Bertz CT molecular complexity index is 631. The van der Waals surface area contributed by atoms with Crippen molar-refractivity contribution in [2.24, 2.45) is 0 Å². The number of fused-ring (bicyclic) bond motifs is 1. The molecule has 0 radical (unpaired) electrons. The molecule has 1 heterocycles. The molecule has 0 aliphatic heterocycles. The van der Waals surface area contributed by atoms with E-state index in [9.17, 15) is 4.79 Å². The van der Waals surface area contributed by atoms with Crippen LogP contribution in [0.4, 0.5) is 0 Å². The molecule has 0 spiro atoms. The van der Waals surface area contributed by atoms with Crippen molar-refractivity contribution in [2.75, 3.05) is 14.1 Å². The zero-order valence-corrected chi connectivity index (χ0v) is 13.1. The van der Waals surface area contributed by atoms with Gasteiger partial charge in [-0.25, -0.2) is 4.98 Å². The summed E-state index contributed by atoms with van der Waals surface area (Å²) in [6, 6.07) is 6.12. The molecule has 0 aliphatic rings. The first-order chi connectivity index (χ1) is 9.40. The summed E-state index contributed by atoms with van der Waals surface area (Å²) >= 11 is 6.22.